The van der Waals surface area contributed by atoms with Crippen LogP contribution in [0.3, 0.4) is 0 Å². The Hall–Kier alpha value is -1.52. The lowest BCUT2D eigenvalue weighted by Crippen LogP contribution is -2.58. The van der Waals surface area contributed by atoms with Crippen molar-refractivity contribution in [2.45, 2.75) is 99.2 Å². The molecule has 0 aromatic carbocycles. The average molecular weight is 419 g/mol. The van der Waals surface area contributed by atoms with Crippen LogP contribution in [0.15, 0.2) is 46.0 Å². The first-order chi connectivity index (χ1) is 13.5. The van der Waals surface area contributed by atoms with Crippen molar-refractivity contribution in [1.82, 2.24) is 0 Å². The Labute approximate surface area is 182 Å². The van der Waals surface area contributed by atoms with E-state index in [2.05, 4.69) is 6.92 Å². The van der Waals surface area contributed by atoms with Crippen molar-refractivity contribution in [2.75, 3.05) is 0 Å². The molecule has 2 unspecified atom stereocenters. The van der Waals surface area contributed by atoms with Crippen molar-refractivity contribution in [3.05, 3.63) is 46.0 Å². The van der Waals surface area contributed by atoms with Gasteiger partial charge in [-0.15, -0.1) is 0 Å². The lowest BCUT2D eigenvalue weighted by Gasteiger charge is -2.54. The van der Waals surface area contributed by atoms with Gasteiger partial charge in [0.15, 0.2) is 0 Å². The van der Waals surface area contributed by atoms with E-state index in [0.717, 1.165) is 28.7 Å². The van der Waals surface area contributed by atoms with Crippen molar-refractivity contribution in [3.63, 3.8) is 0 Å². The molecule has 30 heavy (non-hydrogen) atoms. The van der Waals surface area contributed by atoms with Crippen LogP contribution < -0.4 is 0 Å². The van der Waals surface area contributed by atoms with Gasteiger partial charge in [0.1, 0.15) is 11.5 Å². The second kappa shape index (κ2) is 7.87. The highest BCUT2D eigenvalue weighted by Crippen LogP contribution is 2.55. The summed E-state index contributed by atoms with van der Waals surface area (Å²) >= 11 is 0. The Bertz CT molecular complexity index is 747. The summed E-state index contributed by atoms with van der Waals surface area (Å²) in [6.07, 6.45) is 5.38. The number of hydrogen-bond donors (Lipinski definition) is 4. The number of allylic oxidation sites excluding steroid dienone is 2. The SMILES string of the molecule is CCCC(C1(O)CC(C)=C(O)C=C1C(C)(C)C)C1(O)CC(C)=C(O)C=C1C(C)(C)C. The molecule has 0 aromatic rings. The van der Waals surface area contributed by atoms with Crippen LogP contribution in [0.25, 0.3) is 0 Å². The molecular formula is C26H42O4. The standard InChI is InChI=1S/C26H42O4/c1-10-11-20(25(29)14-16(2)18(27)12-21(25)23(4,5)6)26(30)15-17(3)19(28)13-22(26)24(7,8)9/h12-13,20,27-30H,10-11,14-15H2,1-9H3. The van der Waals surface area contributed by atoms with Crippen LogP contribution in [0.2, 0.25) is 0 Å². The molecule has 0 amide bonds. The highest BCUT2D eigenvalue weighted by molar-refractivity contribution is 5.45. The van der Waals surface area contributed by atoms with Crippen LogP contribution in [0.1, 0.15) is 88.0 Å². The minimum absolute atomic E-state index is 0.204. The second-order valence-corrected chi connectivity index (χ2v) is 11.5. The number of rotatable bonds is 4. The number of aliphatic hydroxyl groups excluding tert-OH is 2. The predicted molar refractivity (Wildman–Crippen MR) is 123 cm³/mol. The van der Waals surface area contributed by atoms with E-state index in [9.17, 15) is 20.4 Å². The lowest BCUT2D eigenvalue weighted by atomic mass is 9.55. The van der Waals surface area contributed by atoms with Crippen LogP contribution in [-0.4, -0.2) is 31.6 Å². The van der Waals surface area contributed by atoms with E-state index in [1.54, 1.807) is 12.2 Å². The van der Waals surface area contributed by atoms with Gasteiger partial charge < -0.3 is 20.4 Å². The normalized spacial score (nSPS) is 29.7. The van der Waals surface area contributed by atoms with Crippen LogP contribution >= 0.6 is 0 Å². The van der Waals surface area contributed by atoms with Crippen molar-refractivity contribution in [2.24, 2.45) is 16.7 Å². The van der Waals surface area contributed by atoms with E-state index in [0.29, 0.717) is 6.42 Å². The highest BCUT2D eigenvalue weighted by atomic mass is 16.3. The summed E-state index contributed by atoms with van der Waals surface area (Å²) in [4.78, 5) is 0. The number of hydrogen-bond acceptors (Lipinski definition) is 4. The fourth-order valence-corrected chi connectivity index (χ4v) is 5.46. The lowest BCUT2D eigenvalue weighted by molar-refractivity contribution is -0.108. The van der Waals surface area contributed by atoms with E-state index in [4.69, 9.17) is 0 Å². The maximum absolute atomic E-state index is 12.3. The minimum Gasteiger partial charge on any atom is -0.508 e. The van der Waals surface area contributed by atoms with E-state index in [1.165, 1.54) is 0 Å². The molecule has 0 fully saturated rings. The Morgan fingerprint density at radius 1 is 0.800 bits per heavy atom. The summed E-state index contributed by atoms with van der Waals surface area (Å²) in [5.74, 6) is -0.0800. The monoisotopic (exact) mass is 418 g/mol. The fourth-order valence-electron chi connectivity index (χ4n) is 5.46. The van der Waals surface area contributed by atoms with Crippen LogP contribution in [0.5, 0.6) is 0 Å². The maximum atomic E-state index is 12.3. The summed E-state index contributed by atoms with van der Waals surface area (Å²) in [5.41, 5.74) is -0.458. The summed E-state index contributed by atoms with van der Waals surface area (Å²) in [7, 11) is 0. The van der Waals surface area contributed by atoms with Gasteiger partial charge in [0.2, 0.25) is 0 Å². The highest BCUT2D eigenvalue weighted by Gasteiger charge is 2.57. The van der Waals surface area contributed by atoms with Crippen molar-refractivity contribution >= 4 is 0 Å². The summed E-state index contributed by atoms with van der Waals surface area (Å²) in [6.45, 7) is 17.9. The van der Waals surface area contributed by atoms with Gasteiger partial charge in [-0.3, -0.25) is 0 Å². The molecule has 4 heteroatoms. The van der Waals surface area contributed by atoms with Gasteiger partial charge in [0.05, 0.1) is 11.2 Å². The minimum atomic E-state index is -1.31. The molecule has 0 aromatic heterocycles. The molecule has 0 radical (unpaired) electrons. The zero-order chi connectivity index (χ0) is 23.3. The van der Waals surface area contributed by atoms with Crippen LogP contribution in [0, 0.1) is 16.7 Å². The molecular weight excluding hydrogens is 376 g/mol. The molecule has 4 N–H and O–H groups in total. The molecule has 0 heterocycles. The summed E-state index contributed by atoms with van der Waals surface area (Å²) < 4.78 is 0. The first-order valence-electron chi connectivity index (χ1n) is 11.2. The van der Waals surface area contributed by atoms with Gasteiger partial charge in [-0.2, -0.15) is 0 Å². The third-order valence-corrected chi connectivity index (χ3v) is 6.79. The first-order valence-corrected chi connectivity index (χ1v) is 11.2. The second-order valence-electron chi connectivity index (χ2n) is 11.5. The molecule has 0 aliphatic heterocycles. The topological polar surface area (TPSA) is 80.9 Å². The molecule has 170 valence electrons. The predicted octanol–water partition coefficient (Wildman–Crippen LogP) is 6.28. The third kappa shape index (κ3) is 4.27. The zero-order valence-corrected chi connectivity index (χ0v) is 20.3. The summed E-state index contributed by atoms with van der Waals surface area (Å²) in [5, 5.41) is 45.6. The Balaban J connectivity index is 2.77. The van der Waals surface area contributed by atoms with Gasteiger partial charge in [0.25, 0.3) is 0 Å². The molecule has 0 bridgehead atoms. The molecule has 2 rings (SSSR count). The van der Waals surface area contributed by atoms with Gasteiger partial charge in [-0.05, 0) is 65.5 Å². The van der Waals surface area contributed by atoms with Gasteiger partial charge >= 0.3 is 0 Å². The summed E-state index contributed by atoms with van der Waals surface area (Å²) in [6, 6.07) is 0. The molecule has 0 saturated carbocycles. The van der Waals surface area contributed by atoms with Gasteiger partial charge in [-0.1, -0.05) is 54.9 Å². The average Bonchev–Trinajstić information content (AvgIpc) is 2.57. The van der Waals surface area contributed by atoms with E-state index >= 15 is 0 Å². The Morgan fingerprint density at radius 3 is 1.40 bits per heavy atom. The van der Waals surface area contributed by atoms with E-state index in [1.807, 2.05) is 55.4 Å². The Morgan fingerprint density at radius 2 is 1.13 bits per heavy atom. The van der Waals surface area contributed by atoms with Gasteiger partial charge in [-0.25, -0.2) is 0 Å². The fraction of sp³-hybridized carbons (Fsp3) is 0.692. The van der Waals surface area contributed by atoms with Crippen molar-refractivity contribution < 1.29 is 20.4 Å². The Kier molecular flexibility index (Phi) is 6.49. The largest absolute Gasteiger partial charge is 0.508 e. The van der Waals surface area contributed by atoms with Crippen molar-refractivity contribution in [1.29, 1.82) is 0 Å². The van der Waals surface area contributed by atoms with Crippen LogP contribution in [0.4, 0.5) is 0 Å². The molecule has 0 spiro atoms. The molecule has 2 atom stereocenters. The van der Waals surface area contributed by atoms with Gasteiger partial charge in [0, 0.05) is 18.8 Å². The van der Waals surface area contributed by atoms with E-state index < -0.39 is 17.1 Å². The zero-order valence-electron chi connectivity index (χ0n) is 20.3. The smallest absolute Gasteiger partial charge is 0.114 e. The van der Waals surface area contributed by atoms with Crippen LogP contribution in [-0.2, 0) is 0 Å². The molecule has 2 aliphatic carbocycles. The quantitative estimate of drug-likeness (QED) is 0.433. The molecule has 4 nitrogen and oxygen atoms in total. The first kappa shape index (κ1) is 24.7. The maximum Gasteiger partial charge on any atom is 0.114 e. The van der Waals surface area contributed by atoms with E-state index in [-0.39, 0.29) is 35.2 Å². The van der Waals surface area contributed by atoms with Crippen molar-refractivity contribution in [3.8, 4) is 0 Å². The molecule has 2 aliphatic rings. The number of aliphatic hydroxyl groups is 4. The third-order valence-electron chi connectivity index (χ3n) is 6.79. The molecule has 0 saturated heterocycles.